The van der Waals surface area contributed by atoms with Gasteiger partial charge < -0.3 is 24.6 Å². The number of carbonyl (C=O) groups excluding carboxylic acids is 1. The number of amides is 1. The van der Waals surface area contributed by atoms with Crippen LogP contribution in [0.25, 0.3) is 0 Å². The van der Waals surface area contributed by atoms with Crippen molar-refractivity contribution >= 4 is 22.0 Å². The molecule has 2 aromatic carbocycles. The third-order valence-corrected chi connectivity index (χ3v) is 5.00. The molecule has 144 valence electrons. The van der Waals surface area contributed by atoms with Gasteiger partial charge in [-0.3, -0.25) is 0 Å². The Morgan fingerprint density at radius 3 is 2.56 bits per heavy atom. The van der Waals surface area contributed by atoms with Crippen molar-refractivity contribution < 1.29 is 24.1 Å². The molecule has 0 aliphatic carbocycles. The minimum Gasteiger partial charge on any atom is -0.486 e. The highest BCUT2D eigenvalue weighted by Crippen LogP contribution is 2.38. The summed E-state index contributed by atoms with van der Waals surface area (Å²) in [7, 11) is 0. The second kappa shape index (κ2) is 9.10. The lowest BCUT2D eigenvalue weighted by atomic mass is 10.00. The fourth-order valence-corrected chi connectivity index (χ4v) is 3.40. The minimum atomic E-state index is -0.926. The molecule has 0 aromatic heterocycles. The third-order valence-electron chi connectivity index (χ3n) is 4.32. The van der Waals surface area contributed by atoms with Crippen LogP contribution < -0.4 is 14.8 Å². The molecule has 0 bridgehead atoms. The van der Waals surface area contributed by atoms with Gasteiger partial charge in [0.1, 0.15) is 25.9 Å². The number of hydrogen-bond donors (Lipinski definition) is 2. The zero-order valence-corrected chi connectivity index (χ0v) is 16.6. The zero-order chi connectivity index (χ0) is 19.2. The summed E-state index contributed by atoms with van der Waals surface area (Å²) in [4.78, 5) is 12.1. The minimum absolute atomic E-state index is 0.174. The molecule has 1 amide bonds. The van der Waals surface area contributed by atoms with Gasteiger partial charge >= 0.3 is 6.09 Å². The fourth-order valence-electron chi connectivity index (χ4n) is 2.84. The van der Waals surface area contributed by atoms with Crippen molar-refractivity contribution in [1.29, 1.82) is 0 Å². The second-order valence-electron chi connectivity index (χ2n) is 6.18. The quantitative estimate of drug-likeness (QED) is 0.717. The van der Waals surface area contributed by atoms with Gasteiger partial charge in [0, 0.05) is 10.0 Å². The average Bonchev–Trinajstić information content (AvgIpc) is 2.70. The maximum Gasteiger partial charge on any atom is 0.407 e. The molecule has 7 heteroatoms. The van der Waals surface area contributed by atoms with Crippen LogP contribution in [0.4, 0.5) is 4.79 Å². The molecule has 2 N–H and O–H groups in total. The molecule has 0 unspecified atom stereocenters. The first-order valence-corrected chi connectivity index (χ1v) is 9.62. The summed E-state index contributed by atoms with van der Waals surface area (Å²) in [5.41, 5.74) is 1.52. The molecule has 2 aromatic rings. The molecule has 1 aliphatic rings. The van der Waals surface area contributed by atoms with E-state index in [1.165, 1.54) is 0 Å². The summed E-state index contributed by atoms with van der Waals surface area (Å²) in [6, 6.07) is 12.4. The molecular weight excluding hydrogens is 414 g/mol. The van der Waals surface area contributed by atoms with E-state index in [1.54, 1.807) is 12.1 Å². The van der Waals surface area contributed by atoms with Gasteiger partial charge in [-0.05, 0) is 24.1 Å². The van der Waals surface area contributed by atoms with Gasteiger partial charge in [-0.25, -0.2) is 4.79 Å². The smallest absolute Gasteiger partial charge is 0.407 e. The predicted molar refractivity (Wildman–Crippen MR) is 104 cm³/mol. The number of hydrogen-bond acceptors (Lipinski definition) is 5. The number of aliphatic hydroxyl groups excluding tert-OH is 1. The normalized spacial score (nSPS) is 14.9. The van der Waals surface area contributed by atoms with Gasteiger partial charge in [-0.1, -0.05) is 53.2 Å². The van der Waals surface area contributed by atoms with E-state index >= 15 is 0 Å². The topological polar surface area (TPSA) is 77.0 Å². The Labute approximate surface area is 166 Å². The summed E-state index contributed by atoms with van der Waals surface area (Å²) in [5.74, 6) is 1.22. The van der Waals surface area contributed by atoms with E-state index in [-0.39, 0.29) is 6.61 Å². The molecule has 0 saturated carbocycles. The highest BCUT2D eigenvalue weighted by atomic mass is 79.9. The van der Waals surface area contributed by atoms with E-state index in [4.69, 9.17) is 14.2 Å². The standard InChI is InChI=1S/C20H22BrNO5/c1-2-16(22-20(24)27-12-13-6-4-3-5-7-13)19(23)14-10-17-18(11-15(14)21)26-9-8-25-17/h3-7,10-11,16,19,23H,2,8-9,12H2,1H3,(H,22,24)/t16-,19-/m1/s1. The van der Waals surface area contributed by atoms with E-state index < -0.39 is 18.2 Å². The van der Waals surface area contributed by atoms with Crippen molar-refractivity contribution in [2.24, 2.45) is 0 Å². The zero-order valence-electron chi connectivity index (χ0n) is 15.0. The molecule has 0 spiro atoms. The Kier molecular flexibility index (Phi) is 6.58. The van der Waals surface area contributed by atoms with Crippen molar-refractivity contribution in [3.05, 3.63) is 58.1 Å². The average molecular weight is 436 g/mol. The Morgan fingerprint density at radius 1 is 1.22 bits per heavy atom. The number of fused-ring (bicyclic) bond motifs is 1. The fraction of sp³-hybridized carbons (Fsp3) is 0.350. The molecule has 1 aliphatic heterocycles. The first kappa shape index (κ1) is 19.5. The van der Waals surface area contributed by atoms with Crippen LogP contribution in [-0.2, 0) is 11.3 Å². The Hall–Kier alpha value is -2.25. The van der Waals surface area contributed by atoms with Gasteiger partial charge in [0.15, 0.2) is 11.5 Å². The number of nitrogens with one attached hydrogen (secondary N) is 1. The van der Waals surface area contributed by atoms with Crippen LogP contribution in [0.15, 0.2) is 46.9 Å². The first-order chi connectivity index (χ1) is 13.1. The number of aliphatic hydroxyl groups is 1. The van der Waals surface area contributed by atoms with Crippen LogP contribution in [-0.4, -0.2) is 30.5 Å². The van der Waals surface area contributed by atoms with Crippen molar-refractivity contribution in [2.75, 3.05) is 13.2 Å². The van der Waals surface area contributed by atoms with Crippen molar-refractivity contribution in [3.63, 3.8) is 0 Å². The van der Waals surface area contributed by atoms with Crippen LogP contribution in [0.2, 0.25) is 0 Å². The van der Waals surface area contributed by atoms with E-state index in [0.717, 1.165) is 5.56 Å². The van der Waals surface area contributed by atoms with Crippen molar-refractivity contribution in [3.8, 4) is 11.5 Å². The molecule has 1 heterocycles. The Balaban J connectivity index is 1.65. The largest absolute Gasteiger partial charge is 0.486 e. The Morgan fingerprint density at radius 2 is 1.89 bits per heavy atom. The van der Waals surface area contributed by atoms with Crippen LogP contribution in [0.3, 0.4) is 0 Å². The number of halogens is 1. The van der Waals surface area contributed by atoms with Gasteiger partial charge in [-0.2, -0.15) is 0 Å². The van der Waals surface area contributed by atoms with Gasteiger partial charge in [0.05, 0.1) is 6.04 Å². The number of ether oxygens (including phenoxy) is 3. The van der Waals surface area contributed by atoms with E-state index in [1.807, 2.05) is 37.3 Å². The molecule has 0 saturated heterocycles. The molecule has 0 fully saturated rings. The molecule has 6 nitrogen and oxygen atoms in total. The van der Waals surface area contributed by atoms with Crippen LogP contribution in [0.5, 0.6) is 11.5 Å². The number of carbonyl (C=O) groups is 1. The summed E-state index contributed by atoms with van der Waals surface area (Å²) in [6.45, 7) is 3.02. The lowest BCUT2D eigenvalue weighted by molar-refractivity contribution is 0.0993. The highest BCUT2D eigenvalue weighted by molar-refractivity contribution is 9.10. The van der Waals surface area contributed by atoms with Gasteiger partial charge in [-0.15, -0.1) is 0 Å². The lowest BCUT2D eigenvalue weighted by Crippen LogP contribution is -2.39. The van der Waals surface area contributed by atoms with E-state index in [0.29, 0.717) is 41.2 Å². The van der Waals surface area contributed by atoms with Gasteiger partial charge in [0.2, 0.25) is 0 Å². The monoisotopic (exact) mass is 435 g/mol. The summed E-state index contributed by atoms with van der Waals surface area (Å²) < 4.78 is 17.1. The number of alkyl carbamates (subject to hydrolysis) is 1. The van der Waals surface area contributed by atoms with Gasteiger partial charge in [0.25, 0.3) is 0 Å². The van der Waals surface area contributed by atoms with Crippen LogP contribution >= 0.6 is 15.9 Å². The molecule has 2 atom stereocenters. The summed E-state index contributed by atoms with van der Waals surface area (Å²) >= 11 is 3.46. The maximum absolute atomic E-state index is 12.1. The lowest BCUT2D eigenvalue weighted by Gasteiger charge is -2.26. The van der Waals surface area contributed by atoms with Crippen molar-refractivity contribution in [1.82, 2.24) is 5.32 Å². The van der Waals surface area contributed by atoms with Crippen molar-refractivity contribution in [2.45, 2.75) is 32.1 Å². The number of benzene rings is 2. The molecular formula is C20H22BrNO5. The van der Waals surface area contributed by atoms with E-state index in [2.05, 4.69) is 21.2 Å². The first-order valence-electron chi connectivity index (χ1n) is 8.82. The SMILES string of the molecule is CC[C@@H](NC(=O)OCc1ccccc1)[C@H](O)c1cc2c(cc1Br)OCCO2. The molecule has 27 heavy (non-hydrogen) atoms. The molecule has 0 radical (unpaired) electrons. The summed E-state index contributed by atoms with van der Waals surface area (Å²) in [6.07, 6.45) is -0.967. The second-order valence-corrected chi connectivity index (χ2v) is 7.04. The third kappa shape index (κ3) is 4.93. The molecule has 3 rings (SSSR count). The van der Waals surface area contributed by atoms with E-state index in [9.17, 15) is 9.90 Å². The summed E-state index contributed by atoms with van der Waals surface area (Å²) in [5, 5.41) is 13.5. The van der Waals surface area contributed by atoms with Crippen LogP contribution in [0.1, 0.15) is 30.6 Å². The maximum atomic E-state index is 12.1. The predicted octanol–water partition coefficient (Wildman–Crippen LogP) is 3.96. The number of rotatable bonds is 6. The highest BCUT2D eigenvalue weighted by Gasteiger charge is 2.26. The van der Waals surface area contributed by atoms with Crippen LogP contribution in [0, 0.1) is 0 Å². The Bertz CT molecular complexity index is 783.